The van der Waals surface area contributed by atoms with Crippen molar-refractivity contribution >= 4 is 17.8 Å². The highest BCUT2D eigenvalue weighted by Crippen LogP contribution is 2.50. The van der Waals surface area contributed by atoms with E-state index in [1.165, 1.54) is 0 Å². The molecule has 210 valence electrons. The van der Waals surface area contributed by atoms with Crippen LogP contribution < -0.4 is 24.5 Å². The van der Waals surface area contributed by atoms with Crippen molar-refractivity contribution in [2.24, 2.45) is 5.10 Å². The number of likely N-dealkylation sites (N-methyl/N-ethyl adjacent to an activating group) is 1. The average Bonchev–Trinajstić information content (AvgIpc) is 3.66. The minimum atomic E-state index is -0.323. The fraction of sp³-hybridized carbons (Fsp3) is 0.276. The molecule has 6 rings (SSSR count). The van der Waals surface area contributed by atoms with Crippen LogP contribution in [0.4, 0.5) is 5.69 Å². The maximum Gasteiger partial charge on any atom is 0.271 e. The number of hydrazone groups is 1. The molecule has 4 aromatic rings. The zero-order valence-corrected chi connectivity index (χ0v) is 23.2. The summed E-state index contributed by atoms with van der Waals surface area (Å²) in [5.41, 5.74) is 7.77. The molecule has 0 fully saturated rings. The number of aromatic nitrogens is 4. The molecule has 2 aliphatic heterocycles. The van der Waals surface area contributed by atoms with E-state index < -0.39 is 0 Å². The van der Waals surface area contributed by atoms with Crippen molar-refractivity contribution in [2.45, 2.75) is 12.5 Å². The van der Waals surface area contributed by atoms with Gasteiger partial charge in [0.2, 0.25) is 12.5 Å². The minimum Gasteiger partial charge on any atom is -0.492 e. The van der Waals surface area contributed by atoms with Gasteiger partial charge >= 0.3 is 0 Å². The summed E-state index contributed by atoms with van der Waals surface area (Å²) in [7, 11) is 7.62. The normalized spacial score (nSPS) is 16.0. The lowest BCUT2D eigenvalue weighted by atomic mass is 9.90. The SMILES string of the molecule is COc1c2c(cc3c1[C@@H](c1nnnn1-c1ccc(C(=O)N/N=C\c4ccc(N(C)C)cc4)cc1)N(C)CC3)OCO2. The van der Waals surface area contributed by atoms with Gasteiger partial charge in [-0.1, -0.05) is 12.1 Å². The number of ether oxygens (including phenoxy) is 3. The highest BCUT2D eigenvalue weighted by Gasteiger charge is 2.37. The number of carbonyl (C=O) groups excluding carboxylic acids is 1. The smallest absolute Gasteiger partial charge is 0.271 e. The number of hydrogen-bond donors (Lipinski definition) is 1. The van der Waals surface area contributed by atoms with Crippen LogP contribution in [-0.4, -0.2) is 78.8 Å². The number of methoxy groups -OCH3 is 1. The van der Waals surface area contributed by atoms with E-state index in [0.717, 1.165) is 35.3 Å². The Morgan fingerprint density at radius 2 is 1.93 bits per heavy atom. The fourth-order valence-corrected chi connectivity index (χ4v) is 5.15. The first-order chi connectivity index (χ1) is 19.9. The molecule has 0 unspecified atom stereocenters. The maximum absolute atomic E-state index is 12.7. The Labute approximate surface area is 237 Å². The van der Waals surface area contributed by atoms with Gasteiger partial charge in [-0.25, -0.2) is 5.43 Å². The van der Waals surface area contributed by atoms with Crippen LogP contribution in [0.5, 0.6) is 17.2 Å². The van der Waals surface area contributed by atoms with Crippen molar-refractivity contribution < 1.29 is 19.0 Å². The van der Waals surface area contributed by atoms with Crippen molar-refractivity contribution in [3.63, 3.8) is 0 Å². The summed E-state index contributed by atoms with van der Waals surface area (Å²) in [6.07, 6.45) is 2.43. The number of fused-ring (bicyclic) bond motifs is 2. The molecule has 0 saturated carbocycles. The van der Waals surface area contributed by atoms with Gasteiger partial charge in [0.1, 0.15) is 6.04 Å². The number of nitrogens with one attached hydrogen (secondary N) is 1. The van der Waals surface area contributed by atoms with E-state index in [1.807, 2.05) is 56.4 Å². The van der Waals surface area contributed by atoms with Crippen molar-refractivity contribution in [2.75, 3.05) is 46.5 Å². The second-order valence-corrected chi connectivity index (χ2v) is 10.0. The number of benzene rings is 3. The first-order valence-corrected chi connectivity index (χ1v) is 13.1. The molecular weight excluding hydrogens is 524 g/mol. The van der Waals surface area contributed by atoms with E-state index in [2.05, 4.69) is 31.0 Å². The number of nitrogens with zero attached hydrogens (tertiary/aromatic N) is 7. The molecular formula is C29H30N8O4. The van der Waals surface area contributed by atoms with Crippen molar-refractivity contribution in [3.05, 3.63) is 82.7 Å². The molecule has 41 heavy (non-hydrogen) atoms. The Bertz CT molecular complexity index is 1600. The van der Waals surface area contributed by atoms with E-state index in [-0.39, 0.29) is 18.7 Å². The van der Waals surface area contributed by atoms with Gasteiger partial charge in [-0.3, -0.25) is 9.69 Å². The second kappa shape index (κ2) is 10.9. The minimum absolute atomic E-state index is 0.155. The summed E-state index contributed by atoms with van der Waals surface area (Å²) >= 11 is 0. The third-order valence-corrected chi connectivity index (χ3v) is 7.30. The van der Waals surface area contributed by atoms with Crippen LogP contribution in [0.3, 0.4) is 0 Å². The first kappa shape index (κ1) is 26.3. The van der Waals surface area contributed by atoms with Gasteiger partial charge in [0, 0.05) is 37.5 Å². The lowest BCUT2D eigenvalue weighted by Gasteiger charge is -2.34. The summed E-state index contributed by atoms with van der Waals surface area (Å²) in [5, 5.41) is 16.8. The highest BCUT2D eigenvalue weighted by molar-refractivity contribution is 5.95. The highest BCUT2D eigenvalue weighted by atomic mass is 16.7. The van der Waals surface area contributed by atoms with E-state index in [0.29, 0.717) is 34.3 Å². The summed E-state index contributed by atoms with van der Waals surface area (Å²) in [4.78, 5) is 16.9. The molecule has 0 saturated heterocycles. The number of rotatable bonds is 7. The van der Waals surface area contributed by atoms with Gasteiger partial charge in [-0.2, -0.15) is 9.78 Å². The van der Waals surface area contributed by atoms with Crippen LogP contribution in [0.25, 0.3) is 5.69 Å². The Balaban J connectivity index is 1.23. The summed E-state index contributed by atoms with van der Waals surface area (Å²) in [5.74, 6) is 2.20. The standard InChI is InChI=1S/C29H30N8O4/c1-35(2)21-9-5-18(6-10-21)16-30-32-29(38)19-7-11-22(12-8-19)37-28(31-33-34-37)25-24-20(13-14-36(25)3)15-23-26(27(24)39-4)41-17-40-23/h5-12,15-16,25H,13-14,17H2,1-4H3,(H,32,38)/b30-16-/t25-/m0/s1. The van der Waals surface area contributed by atoms with Gasteiger partial charge in [-0.05, 0) is 77.5 Å². The molecule has 1 amide bonds. The third-order valence-electron chi connectivity index (χ3n) is 7.30. The van der Waals surface area contributed by atoms with Crippen LogP contribution in [0.2, 0.25) is 0 Å². The Kier molecular flexibility index (Phi) is 6.98. The molecule has 3 aromatic carbocycles. The largest absolute Gasteiger partial charge is 0.492 e. The van der Waals surface area contributed by atoms with Gasteiger partial charge < -0.3 is 19.1 Å². The molecule has 0 bridgehead atoms. The van der Waals surface area contributed by atoms with Gasteiger partial charge in [0.05, 0.1) is 19.0 Å². The summed E-state index contributed by atoms with van der Waals surface area (Å²) in [6.45, 7) is 0.953. The van der Waals surface area contributed by atoms with Crippen LogP contribution in [0, 0.1) is 0 Å². The molecule has 0 aliphatic carbocycles. The van der Waals surface area contributed by atoms with E-state index >= 15 is 0 Å². The van der Waals surface area contributed by atoms with E-state index in [9.17, 15) is 4.79 Å². The van der Waals surface area contributed by atoms with Crippen LogP contribution in [0.1, 0.15) is 38.9 Å². The van der Waals surface area contributed by atoms with E-state index in [4.69, 9.17) is 14.2 Å². The van der Waals surface area contributed by atoms with Crippen LogP contribution in [0.15, 0.2) is 59.7 Å². The molecule has 0 radical (unpaired) electrons. The Morgan fingerprint density at radius 3 is 2.66 bits per heavy atom. The number of hydrogen-bond acceptors (Lipinski definition) is 10. The summed E-state index contributed by atoms with van der Waals surface area (Å²) in [6, 6.07) is 16.6. The maximum atomic E-state index is 12.7. The molecule has 1 atom stereocenters. The molecule has 1 N–H and O–H groups in total. The number of amides is 1. The van der Waals surface area contributed by atoms with Gasteiger partial charge in [-0.15, -0.1) is 5.10 Å². The lowest BCUT2D eigenvalue weighted by Crippen LogP contribution is -2.35. The molecule has 12 nitrogen and oxygen atoms in total. The van der Waals surface area contributed by atoms with Crippen molar-refractivity contribution in [1.29, 1.82) is 0 Å². The Hall–Kier alpha value is -4.97. The predicted octanol–water partition coefficient (Wildman–Crippen LogP) is 2.81. The summed E-state index contributed by atoms with van der Waals surface area (Å²) < 4.78 is 18.9. The van der Waals surface area contributed by atoms with Crippen LogP contribution >= 0.6 is 0 Å². The number of tetrazole rings is 1. The number of carbonyl (C=O) groups is 1. The number of anilines is 1. The van der Waals surface area contributed by atoms with Crippen molar-refractivity contribution in [1.82, 2.24) is 30.5 Å². The quantitative estimate of drug-likeness (QED) is 0.272. The first-order valence-electron chi connectivity index (χ1n) is 13.1. The fourth-order valence-electron chi connectivity index (χ4n) is 5.15. The molecule has 12 heteroatoms. The molecule has 2 aliphatic rings. The third kappa shape index (κ3) is 4.93. The molecule has 3 heterocycles. The Morgan fingerprint density at radius 1 is 1.15 bits per heavy atom. The topological polar surface area (TPSA) is 119 Å². The van der Waals surface area contributed by atoms with Gasteiger partial charge in [0.25, 0.3) is 5.91 Å². The van der Waals surface area contributed by atoms with E-state index in [1.54, 1.807) is 42.3 Å². The lowest BCUT2D eigenvalue weighted by molar-refractivity contribution is 0.0955. The zero-order chi connectivity index (χ0) is 28.5. The average molecular weight is 555 g/mol. The second-order valence-electron chi connectivity index (χ2n) is 10.0. The monoisotopic (exact) mass is 554 g/mol. The van der Waals surface area contributed by atoms with Crippen molar-refractivity contribution in [3.8, 4) is 22.9 Å². The predicted molar refractivity (Wildman–Crippen MR) is 152 cm³/mol. The van der Waals surface area contributed by atoms with Crippen LogP contribution in [-0.2, 0) is 6.42 Å². The van der Waals surface area contributed by atoms with Gasteiger partial charge in [0.15, 0.2) is 17.3 Å². The zero-order valence-electron chi connectivity index (χ0n) is 23.2. The molecule has 0 spiro atoms. The molecule has 1 aromatic heterocycles.